The predicted molar refractivity (Wildman–Crippen MR) is 167 cm³/mol. The minimum Gasteiger partial charge on any atom is -0.384 e. The second-order valence-electron chi connectivity index (χ2n) is 12.2. The lowest BCUT2D eigenvalue weighted by Gasteiger charge is -2.34. The fourth-order valence-corrected chi connectivity index (χ4v) is 7.43. The Hall–Kier alpha value is -3.24. The van der Waals surface area contributed by atoms with Crippen LogP contribution in [0.5, 0.6) is 0 Å². The molecule has 1 aliphatic heterocycles. The molecule has 42 heavy (non-hydrogen) atoms. The number of nitrogens with two attached hydrogens (primary N) is 1. The summed E-state index contributed by atoms with van der Waals surface area (Å²) in [5.41, 5.74) is 9.39. The molecule has 0 aliphatic carbocycles. The van der Waals surface area contributed by atoms with E-state index in [1.807, 2.05) is 39.8 Å². The Balaban J connectivity index is 2.10. The van der Waals surface area contributed by atoms with Crippen LogP contribution < -0.4 is 15.8 Å². The number of nitrogens with zero attached hydrogens (tertiary/aromatic N) is 1. The summed E-state index contributed by atoms with van der Waals surface area (Å²) >= 11 is 0. The summed E-state index contributed by atoms with van der Waals surface area (Å²) in [7, 11) is -2.59. The standard InChI is InChI=1S/C32H47N5O4S/c1-19(2)25-16-26(20(3)4)29(27(17-25)21(5)6)42(40,41)36-28(15-22-10-8-11-23(14-22)30(33)34)32(39)37-13-9-12-24(18-37)31(38)35-7/h8,10-11,14,16-17,19-21,24,28,36H,9,12-13,15,18H2,1-7H3,(H3,33,34)(H,35,38)/t24-,28-/m0/s1. The van der Waals surface area contributed by atoms with E-state index in [0.717, 1.165) is 16.7 Å². The second-order valence-corrected chi connectivity index (χ2v) is 13.9. The van der Waals surface area contributed by atoms with Crippen LogP contribution >= 0.6 is 0 Å². The Morgan fingerprint density at radius 3 is 2.17 bits per heavy atom. The fraction of sp³-hybridized carbons (Fsp3) is 0.531. The SMILES string of the molecule is CNC(=O)[C@H]1CCCN(C(=O)[C@H](Cc2cccc(C(=N)N)c2)NS(=O)(=O)c2c(C(C)C)cc(C(C)C)cc2C(C)C)C1. The van der Waals surface area contributed by atoms with Gasteiger partial charge in [0.2, 0.25) is 21.8 Å². The summed E-state index contributed by atoms with van der Waals surface area (Å²) in [5, 5.41) is 10.5. The third-order valence-corrected chi connectivity index (χ3v) is 9.58. The third-order valence-electron chi connectivity index (χ3n) is 7.97. The van der Waals surface area contributed by atoms with E-state index in [1.54, 1.807) is 36.2 Å². The zero-order valence-corrected chi connectivity index (χ0v) is 26.8. The van der Waals surface area contributed by atoms with Gasteiger partial charge in [0.25, 0.3) is 0 Å². The van der Waals surface area contributed by atoms with Gasteiger partial charge in [0.1, 0.15) is 11.9 Å². The number of hydrogen-bond donors (Lipinski definition) is 4. The van der Waals surface area contributed by atoms with Gasteiger partial charge in [-0.3, -0.25) is 15.0 Å². The monoisotopic (exact) mass is 597 g/mol. The molecular weight excluding hydrogens is 550 g/mol. The topological polar surface area (TPSA) is 145 Å². The molecule has 10 heteroatoms. The molecule has 2 amide bonds. The molecule has 5 N–H and O–H groups in total. The van der Waals surface area contributed by atoms with Gasteiger partial charge >= 0.3 is 0 Å². The van der Waals surface area contributed by atoms with Crippen molar-refractivity contribution in [2.75, 3.05) is 20.1 Å². The first-order chi connectivity index (χ1) is 19.7. The van der Waals surface area contributed by atoms with E-state index in [2.05, 4.69) is 23.9 Å². The molecule has 0 unspecified atom stereocenters. The quantitative estimate of drug-likeness (QED) is 0.226. The maximum absolute atomic E-state index is 14.3. The van der Waals surface area contributed by atoms with Crippen LogP contribution in [0.4, 0.5) is 0 Å². The molecule has 0 radical (unpaired) electrons. The maximum atomic E-state index is 14.3. The number of piperidine rings is 1. The molecule has 2 atom stereocenters. The van der Waals surface area contributed by atoms with Gasteiger partial charge in [0.05, 0.1) is 10.8 Å². The Labute approximate surface area is 251 Å². The summed E-state index contributed by atoms with van der Waals surface area (Å²) < 4.78 is 31.5. The van der Waals surface area contributed by atoms with Crippen molar-refractivity contribution in [2.24, 2.45) is 11.7 Å². The van der Waals surface area contributed by atoms with Gasteiger partial charge in [-0.05, 0) is 65.3 Å². The number of nitrogen functional groups attached to an aromatic ring is 1. The number of amides is 2. The summed E-state index contributed by atoms with van der Waals surface area (Å²) in [6.45, 7) is 12.7. The highest BCUT2D eigenvalue weighted by atomic mass is 32.2. The van der Waals surface area contributed by atoms with Crippen molar-refractivity contribution >= 4 is 27.7 Å². The van der Waals surface area contributed by atoms with Crippen molar-refractivity contribution in [3.63, 3.8) is 0 Å². The van der Waals surface area contributed by atoms with Gasteiger partial charge in [-0.1, -0.05) is 71.9 Å². The lowest BCUT2D eigenvalue weighted by molar-refractivity contribution is -0.137. The number of benzene rings is 2. The minimum absolute atomic E-state index is 0.0652. The van der Waals surface area contributed by atoms with E-state index in [4.69, 9.17) is 11.1 Å². The summed E-state index contributed by atoms with van der Waals surface area (Å²) in [6, 6.07) is 9.76. The van der Waals surface area contributed by atoms with Crippen molar-refractivity contribution in [3.05, 3.63) is 64.2 Å². The van der Waals surface area contributed by atoms with Gasteiger partial charge in [-0.15, -0.1) is 0 Å². The summed E-state index contributed by atoms with van der Waals surface area (Å²) in [5.74, 6) is -0.884. The fourth-order valence-electron chi connectivity index (χ4n) is 5.54. The van der Waals surface area contributed by atoms with Crippen LogP contribution in [0.2, 0.25) is 0 Å². The van der Waals surface area contributed by atoms with Gasteiger partial charge < -0.3 is 16.0 Å². The molecule has 0 bridgehead atoms. The molecular formula is C32H47N5O4S. The summed E-state index contributed by atoms with van der Waals surface area (Å²) in [4.78, 5) is 28.3. The van der Waals surface area contributed by atoms with Crippen LogP contribution in [-0.4, -0.2) is 57.1 Å². The first-order valence-electron chi connectivity index (χ1n) is 14.8. The molecule has 0 spiro atoms. The Bertz CT molecular complexity index is 1390. The van der Waals surface area contributed by atoms with E-state index in [-0.39, 0.29) is 59.2 Å². The number of carbonyl (C=O) groups is 2. The molecule has 230 valence electrons. The number of nitrogens with one attached hydrogen (secondary N) is 3. The third kappa shape index (κ3) is 7.77. The largest absolute Gasteiger partial charge is 0.384 e. The van der Waals surface area contributed by atoms with Crippen molar-refractivity contribution in [1.82, 2.24) is 14.9 Å². The first-order valence-corrected chi connectivity index (χ1v) is 16.3. The zero-order chi connectivity index (χ0) is 31.4. The van der Waals surface area contributed by atoms with Crippen molar-refractivity contribution in [1.29, 1.82) is 5.41 Å². The summed E-state index contributed by atoms with van der Waals surface area (Å²) in [6.07, 6.45) is 1.38. The first kappa shape index (κ1) is 33.3. The molecule has 1 saturated heterocycles. The minimum atomic E-state index is -4.16. The van der Waals surface area contributed by atoms with Crippen LogP contribution in [0.1, 0.15) is 100.0 Å². The molecule has 0 saturated carbocycles. The molecule has 1 heterocycles. The Morgan fingerprint density at radius 2 is 1.64 bits per heavy atom. The normalized spacial score (nSPS) is 16.6. The lowest BCUT2D eigenvalue weighted by Crippen LogP contribution is -2.53. The predicted octanol–water partition coefficient (Wildman–Crippen LogP) is 4.22. The number of hydrogen-bond acceptors (Lipinski definition) is 5. The van der Waals surface area contributed by atoms with E-state index >= 15 is 0 Å². The molecule has 1 fully saturated rings. The highest BCUT2D eigenvalue weighted by molar-refractivity contribution is 7.89. The van der Waals surface area contributed by atoms with Gasteiger partial charge in [0.15, 0.2) is 0 Å². The van der Waals surface area contributed by atoms with E-state index < -0.39 is 16.1 Å². The van der Waals surface area contributed by atoms with Crippen molar-refractivity contribution < 1.29 is 18.0 Å². The molecule has 9 nitrogen and oxygen atoms in total. The maximum Gasteiger partial charge on any atom is 0.241 e. The highest BCUT2D eigenvalue weighted by Crippen LogP contribution is 2.35. The number of sulfonamides is 1. The number of likely N-dealkylation sites (tertiary alicyclic amines) is 1. The van der Waals surface area contributed by atoms with Crippen molar-refractivity contribution in [3.8, 4) is 0 Å². The smallest absolute Gasteiger partial charge is 0.241 e. The Kier molecular flexibility index (Phi) is 10.9. The van der Waals surface area contributed by atoms with Crippen LogP contribution in [0.25, 0.3) is 0 Å². The van der Waals surface area contributed by atoms with E-state index in [0.29, 0.717) is 30.5 Å². The highest BCUT2D eigenvalue weighted by Gasteiger charge is 2.36. The van der Waals surface area contributed by atoms with Crippen LogP contribution in [0.15, 0.2) is 41.3 Å². The van der Waals surface area contributed by atoms with Crippen LogP contribution in [0.3, 0.4) is 0 Å². The molecule has 1 aliphatic rings. The van der Waals surface area contributed by atoms with Crippen LogP contribution in [-0.2, 0) is 26.0 Å². The Morgan fingerprint density at radius 1 is 1.02 bits per heavy atom. The van der Waals surface area contributed by atoms with Gasteiger partial charge in [0, 0.05) is 25.7 Å². The molecule has 3 rings (SSSR count). The van der Waals surface area contributed by atoms with Crippen LogP contribution in [0, 0.1) is 11.3 Å². The zero-order valence-electron chi connectivity index (χ0n) is 26.0. The number of rotatable bonds is 11. The molecule has 0 aromatic heterocycles. The lowest BCUT2D eigenvalue weighted by atomic mass is 9.89. The van der Waals surface area contributed by atoms with E-state index in [9.17, 15) is 18.0 Å². The van der Waals surface area contributed by atoms with E-state index in [1.165, 1.54) is 0 Å². The second kappa shape index (κ2) is 13.8. The van der Waals surface area contributed by atoms with Crippen molar-refractivity contribution in [2.45, 2.75) is 89.5 Å². The van der Waals surface area contributed by atoms with Gasteiger partial charge in [-0.25, -0.2) is 8.42 Å². The van der Waals surface area contributed by atoms with Gasteiger partial charge in [-0.2, -0.15) is 4.72 Å². The number of amidine groups is 1. The number of carbonyl (C=O) groups excluding carboxylic acids is 2. The molecule has 2 aromatic rings. The molecule has 2 aromatic carbocycles. The average molecular weight is 598 g/mol. The average Bonchev–Trinajstić information content (AvgIpc) is 2.95.